The molecule has 0 spiro atoms. The molecule has 1 aromatic carbocycles. The van der Waals surface area contributed by atoms with Gasteiger partial charge in [-0.1, -0.05) is 17.3 Å². The summed E-state index contributed by atoms with van der Waals surface area (Å²) in [5.74, 6) is 0.152. The molecule has 0 saturated heterocycles. The van der Waals surface area contributed by atoms with E-state index < -0.39 is 10.0 Å². The molecule has 1 aromatic heterocycles. The van der Waals surface area contributed by atoms with Crippen molar-refractivity contribution in [2.24, 2.45) is 0 Å². The zero-order valence-corrected chi connectivity index (χ0v) is 14.8. The predicted molar refractivity (Wildman–Crippen MR) is 91.0 cm³/mol. The van der Waals surface area contributed by atoms with Gasteiger partial charge in [-0.15, -0.1) is 0 Å². The number of hydrogen-bond donors (Lipinski definition) is 1. The molecule has 0 fully saturated rings. The molecular formula is C16H20FN3O4S. The normalized spacial score (nSPS) is 11.7. The van der Waals surface area contributed by atoms with Gasteiger partial charge in [-0.05, 0) is 31.0 Å². The molecule has 1 heterocycles. The van der Waals surface area contributed by atoms with Crippen LogP contribution in [-0.4, -0.2) is 43.1 Å². The number of carbonyl (C=O) groups is 1. The second-order valence-electron chi connectivity index (χ2n) is 5.66. The molecule has 0 radical (unpaired) electrons. The van der Waals surface area contributed by atoms with Gasteiger partial charge < -0.3 is 9.84 Å². The average Bonchev–Trinajstić information content (AvgIpc) is 2.92. The second kappa shape index (κ2) is 8.21. The van der Waals surface area contributed by atoms with Gasteiger partial charge in [-0.3, -0.25) is 4.79 Å². The van der Waals surface area contributed by atoms with Crippen molar-refractivity contribution < 1.29 is 22.1 Å². The van der Waals surface area contributed by atoms with Crippen molar-refractivity contribution in [2.45, 2.75) is 19.8 Å². The highest BCUT2D eigenvalue weighted by molar-refractivity contribution is 7.88. The Bertz CT molecular complexity index is 818. The summed E-state index contributed by atoms with van der Waals surface area (Å²) in [6.07, 6.45) is 1.51. The number of benzene rings is 1. The second-order valence-corrected chi connectivity index (χ2v) is 7.64. The summed E-state index contributed by atoms with van der Waals surface area (Å²) < 4.78 is 42.7. The summed E-state index contributed by atoms with van der Waals surface area (Å²) in [5.41, 5.74) is 0.817. The van der Waals surface area contributed by atoms with Crippen LogP contribution in [0.15, 0.2) is 34.9 Å². The summed E-state index contributed by atoms with van der Waals surface area (Å²) in [4.78, 5) is 11.9. The highest BCUT2D eigenvalue weighted by atomic mass is 32.2. The monoisotopic (exact) mass is 369 g/mol. The lowest BCUT2D eigenvalue weighted by molar-refractivity contribution is -0.116. The van der Waals surface area contributed by atoms with Crippen molar-refractivity contribution in [1.29, 1.82) is 0 Å². The van der Waals surface area contributed by atoms with E-state index in [0.717, 1.165) is 11.8 Å². The SMILES string of the molecule is Cc1cc(NC(=O)CCN(CCc2ccc(F)cc2)S(C)(=O)=O)no1. The molecule has 0 aliphatic carbocycles. The van der Waals surface area contributed by atoms with Crippen LogP contribution in [0.1, 0.15) is 17.7 Å². The van der Waals surface area contributed by atoms with Crippen molar-refractivity contribution in [3.63, 3.8) is 0 Å². The van der Waals surface area contributed by atoms with Gasteiger partial charge in [0.05, 0.1) is 6.26 Å². The summed E-state index contributed by atoms with van der Waals surface area (Å²) in [7, 11) is -3.46. The molecule has 1 amide bonds. The number of aryl methyl sites for hydroxylation is 1. The predicted octanol–water partition coefficient (Wildman–Crippen LogP) is 1.96. The van der Waals surface area contributed by atoms with Gasteiger partial charge in [-0.2, -0.15) is 0 Å². The summed E-state index contributed by atoms with van der Waals surface area (Å²) in [5, 5.41) is 6.19. The van der Waals surface area contributed by atoms with Gasteiger partial charge in [0.25, 0.3) is 0 Å². The van der Waals surface area contributed by atoms with Crippen LogP contribution >= 0.6 is 0 Å². The molecule has 9 heteroatoms. The summed E-state index contributed by atoms with van der Waals surface area (Å²) >= 11 is 0. The van der Waals surface area contributed by atoms with Gasteiger partial charge in [0, 0.05) is 25.6 Å². The number of sulfonamides is 1. The van der Waals surface area contributed by atoms with Crippen LogP contribution in [-0.2, 0) is 21.2 Å². The van der Waals surface area contributed by atoms with E-state index in [1.54, 1.807) is 25.1 Å². The number of hydrogen-bond acceptors (Lipinski definition) is 5. The van der Waals surface area contributed by atoms with Crippen LogP contribution in [0.3, 0.4) is 0 Å². The first-order valence-corrected chi connectivity index (χ1v) is 9.51. The minimum Gasteiger partial charge on any atom is -0.360 e. The molecule has 0 saturated carbocycles. The first-order valence-electron chi connectivity index (χ1n) is 7.67. The number of nitrogens with zero attached hydrogens (tertiary/aromatic N) is 2. The van der Waals surface area contributed by atoms with Crippen LogP contribution in [0.5, 0.6) is 0 Å². The number of anilines is 1. The van der Waals surface area contributed by atoms with Crippen molar-refractivity contribution in [1.82, 2.24) is 9.46 Å². The van der Waals surface area contributed by atoms with Crippen molar-refractivity contribution >= 4 is 21.7 Å². The quantitative estimate of drug-likeness (QED) is 0.768. The highest BCUT2D eigenvalue weighted by Crippen LogP contribution is 2.09. The third kappa shape index (κ3) is 6.28. The Kier molecular flexibility index (Phi) is 6.27. The van der Waals surface area contributed by atoms with Gasteiger partial charge in [0.2, 0.25) is 15.9 Å². The van der Waals surface area contributed by atoms with Crippen LogP contribution in [0.2, 0.25) is 0 Å². The zero-order valence-electron chi connectivity index (χ0n) is 14.0. The van der Waals surface area contributed by atoms with E-state index in [-0.39, 0.29) is 31.2 Å². The molecule has 2 rings (SSSR count). The Morgan fingerprint density at radius 2 is 1.96 bits per heavy atom. The minimum atomic E-state index is -3.46. The Balaban J connectivity index is 1.89. The van der Waals surface area contributed by atoms with E-state index in [9.17, 15) is 17.6 Å². The number of halogens is 1. The number of nitrogens with one attached hydrogen (secondary N) is 1. The third-order valence-corrected chi connectivity index (χ3v) is 4.82. The molecule has 0 unspecified atom stereocenters. The molecule has 0 aliphatic heterocycles. The number of carbonyl (C=O) groups excluding carboxylic acids is 1. The topological polar surface area (TPSA) is 92.5 Å². The fraction of sp³-hybridized carbons (Fsp3) is 0.375. The maximum atomic E-state index is 12.9. The maximum Gasteiger partial charge on any atom is 0.226 e. The van der Waals surface area contributed by atoms with E-state index in [0.29, 0.717) is 18.0 Å². The Hall–Kier alpha value is -2.26. The van der Waals surface area contributed by atoms with Crippen LogP contribution in [0.4, 0.5) is 10.2 Å². The lowest BCUT2D eigenvalue weighted by Crippen LogP contribution is -2.34. The Morgan fingerprint density at radius 3 is 2.52 bits per heavy atom. The van der Waals surface area contributed by atoms with Gasteiger partial charge >= 0.3 is 0 Å². The smallest absolute Gasteiger partial charge is 0.226 e. The molecule has 0 bridgehead atoms. The van der Waals surface area contributed by atoms with Crippen LogP contribution < -0.4 is 5.32 Å². The maximum absolute atomic E-state index is 12.9. The average molecular weight is 369 g/mol. The number of rotatable bonds is 8. The summed E-state index contributed by atoms with van der Waals surface area (Å²) in [6, 6.07) is 7.44. The van der Waals surface area contributed by atoms with Crippen molar-refractivity contribution in [3.05, 3.63) is 47.5 Å². The highest BCUT2D eigenvalue weighted by Gasteiger charge is 2.18. The fourth-order valence-electron chi connectivity index (χ4n) is 2.21. The van der Waals surface area contributed by atoms with Crippen LogP contribution in [0, 0.1) is 12.7 Å². The van der Waals surface area contributed by atoms with E-state index in [1.165, 1.54) is 16.4 Å². The zero-order chi connectivity index (χ0) is 18.4. The van der Waals surface area contributed by atoms with Gasteiger partial charge in [0.1, 0.15) is 11.6 Å². The van der Waals surface area contributed by atoms with Crippen molar-refractivity contribution in [2.75, 3.05) is 24.7 Å². The molecule has 0 atom stereocenters. The molecule has 1 N–H and O–H groups in total. The van der Waals surface area contributed by atoms with Crippen LogP contribution in [0.25, 0.3) is 0 Å². The van der Waals surface area contributed by atoms with Gasteiger partial charge in [-0.25, -0.2) is 17.1 Å². The van der Waals surface area contributed by atoms with Gasteiger partial charge in [0.15, 0.2) is 5.82 Å². The summed E-state index contributed by atoms with van der Waals surface area (Å²) in [6.45, 7) is 1.95. The third-order valence-electron chi connectivity index (χ3n) is 3.52. The minimum absolute atomic E-state index is 0.0115. The van der Waals surface area contributed by atoms with E-state index >= 15 is 0 Å². The first-order chi connectivity index (χ1) is 11.7. The number of aromatic nitrogens is 1. The first kappa shape index (κ1) is 19.1. The Labute approximate surface area is 145 Å². The van der Waals surface area contributed by atoms with Crippen molar-refractivity contribution in [3.8, 4) is 0 Å². The Morgan fingerprint density at radius 1 is 1.28 bits per heavy atom. The molecule has 136 valence electrons. The lowest BCUT2D eigenvalue weighted by Gasteiger charge is -2.19. The lowest BCUT2D eigenvalue weighted by atomic mass is 10.1. The molecule has 7 nitrogen and oxygen atoms in total. The molecule has 2 aromatic rings. The van der Waals surface area contributed by atoms with E-state index in [4.69, 9.17) is 4.52 Å². The van der Waals surface area contributed by atoms with E-state index in [2.05, 4.69) is 10.5 Å². The number of amides is 1. The standard InChI is InChI=1S/C16H20FN3O4S/c1-12-11-15(19-24-12)18-16(21)8-10-20(25(2,22)23)9-7-13-3-5-14(17)6-4-13/h3-6,11H,7-10H2,1-2H3,(H,18,19,21). The molecular weight excluding hydrogens is 349 g/mol. The molecule has 0 aliphatic rings. The largest absolute Gasteiger partial charge is 0.360 e. The fourth-order valence-corrected chi connectivity index (χ4v) is 3.05. The van der Waals surface area contributed by atoms with E-state index in [1.807, 2.05) is 0 Å². The molecule has 25 heavy (non-hydrogen) atoms.